The molecule has 0 saturated heterocycles. The third-order valence-electron chi connectivity index (χ3n) is 2.47. The molecule has 0 fully saturated rings. The van der Waals surface area contributed by atoms with Crippen molar-refractivity contribution in [3.63, 3.8) is 0 Å². The van der Waals surface area contributed by atoms with Crippen molar-refractivity contribution < 1.29 is 17.9 Å². The first kappa shape index (κ1) is 12.0. The van der Waals surface area contributed by atoms with Gasteiger partial charge in [0, 0.05) is 37.2 Å². The molecule has 0 saturated carbocycles. The average molecular weight is 241 g/mol. The largest absolute Gasteiger partial charge is 0.461 e. The molecule has 1 aromatic carbocycles. The molecule has 2 aromatic rings. The van der Waals surface area contributed by atoms with E-state index in [2.05, 4.69) is 5.32 Å². The molecule has 5 heteroatoms. The maximum absolute atomic E-state index is 13.3. The summed E-state index contributed by atoms with van der Waals surface area (Å²) in [6.45, 7) is 1.73. The first-order valence-corrected chi connectivity index (χ1v) is 5.27. The first-order chi connectivity index (χ1) is 8.22. The molecule has 0 aliphatic rings. The third-order valence-corrected chi connectivity index (χ3v) is 2.47. The molecule has 0 bridgehead atoms. The Labute approximate surface area is 97.4 Å². The van der Waals surface area contributed by atoms with E-state index in [-0.39, 0.29) is 5.58 Å². The van der Waals surface area contributed by atoms with Gasteiger partial charge in [-0.2, -0.15) is 0 Å². The fraction of sp³-hybridized carbons (Fsp3) is 0.333. The van der Waals surface area contributed by atoms with Crippen LogP contribution in [0.15, 0.2) is 22.8 Å². The second-order valence-electron chi connectivity index (χ2n) is 3.69. The Morgan fingerprint density at radius 3 is 2.94 bits per heavy atom. The van der Waals surface area contributed by atoms with Crippen LogP contribution in [-0.4, -0.2) is 20.3 Å². The number of methoxy groups -OCH3 is 1. The zero-order valence-corrected chi connectivity index (χ0v) is 9.43. The van der Waals surface area contributed by atoms with Gasteiger partial charge in [0.25, 0.3) is 0 Å². The van der Waals surface area contributed by atoms with E-state index in [1.165, 1.54) is 12.3 Å². The molecule has 2 rings (SSSR count). The molecule has 1 aromatic heterocycles. The molecular formula is C12H13F2NO2. The van der Waals surface area contributed by atoms with Crippen molar-refractivity contribution in [2.24, 2.45) is 0 Å². The van der Waals surface area contributed by atoms with E-state index >= 15 is 0 Å². The highest BCUT2D eigenvalue weighted by atomic mass is 19.1. The smallest absolute Gasteiger partial charge is 0.170 e. The van der Waals surface area contributed by atoms with Crippen molar-refractivity contribution in [2.75, 3.05) is 20.3 Å². The summed E-state index contributed by atoms with van der Waals surface area (Å²) in [6, 6.07) is 2.09. The summed E-state index contributed by atoms with van der Waals surface area (Å²) < 4.78 is 36.4. The molecule has 1 heterocycles. The summed E-state index contributed by atoms with van der Waals surface area (Å²) in [4.78, 5) is 0. The molecule has 0 unspecified atom stereocenters. The van der Waals surface area contributed by atoms with E-state index in [1.54, 1.807) is 7.11 Å². The zero-order chi connectivity index (χ0) is 12.3. The summed E-state index contributed by atoms with van der Waals surface area (Å²) in [6.07, 6.45) is 1.44. The number of ether oxygens (including phenoxy) is 1. The molecule has 1 N–H and O–H groups in total. The van der Waals surface area contributed by atoms with Gasteiger partial charge in [-0.15, -0.1) is 0 Å². The monoisotopic (exact) mass is 241 g/mol. The number of nitrogens with one attached hydrogen (secondary N) is 1. The molecule has 17 heavy (non-hydrogen) atoms. The van der Waals surface area contributed by atoms with Gasteiger partial charge >= 0.3 is 0 Å². The molecule has 3 nitrogen and oxygen atoms in total. The third kappa shape index (κ3) is 2.62. The first-order valence-electron chi connectivity index (χ1n) is 5.27. The lowest BCUT2D eigenvalue weighted by Gasteiger charge is -2.02. The molecule has 0 aliphatic heterocycles. The van der Waals surface area contributed by atoms with Crippen LogP contribution in [0.25, 0.3) is 11.0 Å². The Balaban J connectivity index is 2.18. The van der Waals surface area contributed by atoms with E-state index in [1.807, 2.05) is 0 Å². The van der Waals surface area contributed by atoms with E-state index in [9.17, 15) is 8.78 Å². The lowest BCUT2D eigenvalue weighted by atomic mass is 10.1. The molecule has 0 spiro atoms. The predicted octanol–water partition coefficient (Wildman–Crippen LogP) is 2.45. The highest BCUT2D eigenvalue weighted by molar-refractivity contribution is 5.81. The van der Waals surface area contributed by atoms with Gasteiger partial charge in [-0.25, -0.2) is 8.78 Å². The van der Waals surface area contributed by atoms with Gasteiger partial charge in [-0.05, 0) is 6.07 Å². The van der Waals surface area contributed by atoms with Crippen LogP contribution < -0.4 is 5.32 Å². The Hall–Kier alpha value is -1.46. The minimum absolute atomic E-state index is 0.0925. The van der Waals surface area contributed by atoms with Crippen LogP contribution in [0.2, 0.25) is 0 Å². The van der Waals surface area contributed by atoms with Crippen LogP contribution >= 0.6 is 0 Å². The highest BCUT2D eigenvalue weighted by Gasteiger charge is 2.11. The van der Waals surface area contributed by atoms with E-state index in [4.69, 9.17) is 9.15 Å². The molecule has 92 valence electrons. The Morgan fingerprint density at radius 1 is 1.35 bits per heavy atom. The van der Waals surface area contributed by atoms with Crippen molar-refractivity contribution >= 4 is 11.0 Å². The Morgan fingerprint density at radius 2 is 2.18 bits per heavy atom. The minimum Gasteiger partial charge on any atom is -0.461 e. The van der Waals surface area contributed by atoms with Gasteiger partial charge in [0.1, 0.15) is 5.82 Å². The molecule has 0 radical (unpaired) electrons. The van der Waals surface area contributed by atoms with Crippen LogP contribution in [0.4, 0.5) is 8.78 Å². The molecule has 0 aliphatic carbocycles. The highest BCUT2D eigenvalue weighted by Crippen LogP contribution is 2.24. The van der Waals surface area contributed by atoms with Gasteiger partial charge in [-0.3, -0.25) is 0 Å². The molecular weight excluding hydrogens is 228 g/mol. The van der Waals surface area contributed by atoms with Gasteiger partial charge in [0.05, 0.1) is 12.9 Å². The van der Waals surface area contributed by atoms with E-state index in [0.717, 1.165) is 11.6 Å². The van der Waals surface area contributed by atoms with E-state index in [0.29, 0.717) is 25.1 Å². The van der Waals surface area contributed by atoms with Crippen LogP contribution in [0.1, 0.15) is 5.56 Å². The topological polar surface area (TPSA) is 34.4 Å². The predicted molar refractivity (Wildman–Crippen MR) is 59.7 cm³/mol. The minimum atomic E-state index is -0.678. The Bertz CT molecular complexity index is 510. The zero-order valence-electron chi connectivity index (χ0n) is 9.43. The molecule has 0 amide bonds. The van der Waals surface area contributed by atoms with Crippen LogP contribution in [0.3, 0.4) is 0 Å². The van der Waals surface area contributed by atoms with Crippen LogP contribution in [0.5, 0.6) is 0 Å². The number of benzene rings is 1. The SMILES string of the molecule is COCCNCc1coc2c(F)cc(F)cc12. The van der Waals surface area contributed by atoms with Crippen molar-refractivity contribution in [2.45, 2.75) is 6.54 Å². The van der Waals surface area contributed by atoms with Gasteiger partial charge < -0.3 is 14.5 Å². The quantitative estimate of drug-likeness (QED) is 0.816. The van der Waals surface area contributed by atoms with Crippen molar-refractivity contribution in [3.8, 4) is 0 Å². The fourth-order valence-electron chi connectivity index (χ4n) is 1.65. The number of halogens is 2. The summed E-state index contributed by atoms with van der Waals surface area (Å²) in [5, 5.41) is 3.56. The molecule has 0 atom stereocenters. The summed E-state index contributed by atoms with van der Waals surface area (Å²) in [7, 11) is 1.61. The second kappa shape index (κ2) is 5.25. The number of rotatable bonds is 5. The number of furan rings is 1. The lowest BCUT2D eigenvalue weighted by Crippen LogP contribution is -2.18. The average Bonchev–Trinajstić information content (AvgIpc) is 2.68. The van der Waals surface area contributed by atoms with Crippen molar-refractivity contribution in [1.29, 1.82) is 0 Å². The summed E-state index contributed by atoms with van der Waals surface area (Å²) in [5.74, 6) is -1.28. The number of fused-ring (bicyclic) bond motifs is 1. The maximum Gasteiger partial charge on any atom is 0.170 e. The van der Waals surface area contributed by atoms with Gasteiger partial charge in [0.2, 0.25) is 0 Å². The summed E-state index contributed by atoms with van der Waals surface area (Å²) in [5.41, 5.74) is 0.824. The maximum atomic E-state index is 13.3. The second-order valence-corrected chi connectivity index (χ2v) is 3.69. The fourth-order valence-corrected chi connectivity index (χ4v) is 1.65. The normalized spacial score (nSPS) is 11.2. The Kier molecular flexibility index (Phi) is 3.71. The van der Waals surface area contributed by atoms with E-state index < -0.39 is 11.6 Å². The van der Waals surface area contributed by atoms with Crippen molar-refractivity contribution in [1.82, 2.24) is 5.32 Å². The standard InChI is InChI=1S/C12H13F2NO2/c1-16-3-2-15-6-8-7-17-12-10(8)4-9(13)5-11(12)14/h4-5,7,15H,2-3,6H2,1H3. The lowest BCUT2D eigenvalue weighted by molar-refractivity contribution is 0.199. The van der Waals surface area contributed by atoms with Gasteiger partial charge in [0.15, 0.2) is 11.4 Å². The van der Waals surface area contributed by atoms with Gasteiger partial charge in [-0.1, -0.05) is 0 Å². The van der Waals surface area contributed by atoms with Crippen LogP contribution in [-0.2, 0) is 11.3 Å². The van der Waals surface area contributed by atoms with Crippen LogP contribution in [0, 0.1) is 11.6 Å². The number of hydrogen-bond donors (Lipinski definition) is 1. The van der Waals surface area contributed by atoms with Crippen molar-refractivity contribution in [3.05, 3.63) is 35.6 Å². The summed E-state index contributed by atoms with van der Waals surface area (Å²) >= 11 is 0. The number of hydrogen-bond acceptors (Lipinski definition) is 3.